The molecule has 4 nitrogen and oxygen atoms in total. The van der Waals surface area contributed by atoms with Gasteiger partial charge in [-0.3, -0.25) is 10.4 Å². The summed E-state index contributed by atoms with van der Waals surface area (Å²) in [5.41, 5.74) is 4.39. The second-order valence-corrected chi connectivity index (χ2v) is 4.89. The van der Waals surface area contributed by atoms with Crippen molar-refractivity contribution in [3.8, 4) is 0 Å². The number of pyridine rings is 1. The summed E-state index contributed by atoms with van der Waals surface area (Å²) < 4.78 is 0. The molecule has 0 aromatic carbocycles. The molecule has 0 aliphatic heterocycles. The molecule has 0 spiro atoms. The van der Waals surface area contributed by atoms with Gasteiger partial charge in [-0.05, 0) is 38.2 Å². The Hall–Kier alpha value is -0.391. The van der Waals surface area contributed by atoms with Gasteiger partial charge in [0.2, 0.25) is 0 Å². The van der Waals surface area contributed by atoms with Gasteiger partial charge in [-0.15, -0.1) is 0 Å². The van der Waals surface area contributed by atoms with Crippen molar-refractivity contribution in [3.05, 3.63) is 30.1 Å². The summed E-state index contributed by atoms with van der Waals surface area (Å²) in [5, 5.41) is 7.58. The molecule has 0 fully saturated rings. The molecule has 0 bridgehead atoms. The average molecular weight is 357 g/mol. The molecule has 18 heavy (non-hydrogen) atoms. The number of nitrogens with one attached hydrogen (secondary N) is 2. The first-order chi connectivity index (χ1) is 8.65. The number of thiocarbonyl (C=S) groups is 1. The van der Waals surface area contributed by atoms with E-state index < -0.39 is 0 Å². The molecule has 0 unspecified atom stereocenters. The normalized spacial score (nSPS) is 10.3. The summed E-state index contributed by atoms with van der Waals surface area (Å²) in [6.07, 6.45) is 1.73. The van der Waals surface area contributed by atoms with Gasteiger partial charge in [-0.25, -0.2) is 0 Å². The quantitative estimate of drug-likeness (QED) is 0.378. The van der Waals surface area contributed by atoms with E-state index in [9.17, 15) is 0 Å². The van der Waals surface area contributed by atoms with Crippen molar-refractivity contribution in [2.75, 3.05) is 6.54 Å². The number of hydrogen-bond acceptors (Lipinski definition) is 3. The zero-order valence-electron chi connectivity index (χ0n) is 9.88. The number of hydrogen-bond donors (Lipinski definition) is 2. The Labute approximate surface area is 127 Å². The second kappa shape index (κ2) is 11.7. The first kappa shape index (κ1) is 17.6. The third-order valence-corrected chi connectivity index (χ3v) is 1.93. The molecule has 1 heterocycles. The van der Waals surface area contributed by atoms with Crippen molar-refractivity contribution >= 4 is 43.2 Å². The minimum absolute atomic E-state index is 0.521. The van der Waals surface area contributed by atoms with Crippen LogP contribution in [0.2, 0.25) is 0 Å². The third-order valence-electron chi connectivity index (χ3n) is 1.70. The van der Waals surface area contributed by atoms with Crippen molar-refractivity contribution < 1.29 is 13.1 Å². The number of rotatable bonds is 3. The zero-order valence-corrected chi connectivity index (χ0v) is 13.1. The topological polar surface area (TPSA) is 49.3 Å². The van der Waals surface area contributed by atoms with Crippen LogP contribution >= 0.6 is 32.4 Å². The summed E-state index contributed by atoms with van der Waals surface area (Å²) in [5.74, 6) is 0. The Morgan fingerprint density at radius 3 is 2.67 bits per heavy atom. The van der Waals surface area contributed by atoms with E-state index in [-0.39, 0.29) is 0 Å². The van der Waals surface area contributed by atoms with Gasteiger partial charge in [0, 0.05) is 12.7 Å². The molecule has 1 rings (SSSR count). The van der Waals surface area contributed by atoms with E-state index in [0.717, 1.165) is 31.1 Å². The number of aromatic nitrogens is 1. The summed E-state index contributed by atoms with van der Waals surface area (Å²) in [6.45, 7) is 4.64. The fourth-order valence-electron chi connectivity index (χ4n) is 0.969. The number of hydrazone groups is 1. The summed E-state index contributed by atoms with van der Waals surface area (Å²) >= 11 is 5.73. The van der Waals surface area contributed by atoms with Crippen LogP contribution in [-0.4, -0.2) is 22.4 Å². The molecule has 105 valence electrons. The van der Waals surface area contributed by atoms with E-state index in [1.165, 1.54) is 0 Å². The molecule has 1 aromatic heterocycles. The molecule has 0 atom stereocenters. The number of halogens is 2. The standard InChI is InChI=1S/C10H14N4S.2ClH.Cu/c1-3-11-10(15)14-13-8(2)9-6-4-5-7-12-9;;;/h4-7H,3H2,1-2H3,(H2,11,14,15);2*1H;/q;;;+2/p-2/b13-8+;;;. The maximum atomic E-state index is 4.97. The van der Waals surface area contributed by atoms with Crippen LogP contribution in [0, 0.1) is 0 Å². The van der Waals surface area contributed by atoms with Gasteiger partial charge in [-0.1, -0.05) is 6.07 Å². The van der Waals surface area contributed by atoms with Crippen LogP contribution in [0.25, 0.3) is 0 Å². The molecular formula is C10H14Cl2CuN4S. The molecule has 0 saturated carbocycles. The predicted molar refractivity (Wildman–Crippen MR) is 77.6 cm³/mol. The fraction of sp³-hybridized carbons (Fsp3) is 0.300. The van der Waals surface area contributed by atoms with E-state index in [2.05, 4.69) is 41.0 Å². The average Bonchev–Trinajstić information content (AvgIpc) is 2.38. The van der Waals surface area contributed by atoms with Crippen LogP contribution in [0.5, 0.6) is 0 Å². The Kier molecular flexibility index (Phi) is 11.4. The summed E-state index contributed by atoms with van der Waals surface area (Å²) in [4.78, 5) is 4.17. The summed E-state index contributed by atoms with van der Waals surface area (Å²) in [7, 11) is 9.34. The van der Waals surface area contributed by atoms with E-state index in [0.29, 0.717) is 5.11 Å². The zero-order chi connectivity index (χ0) is 13.8. The molecule has 8 heteroatoms. The monoisotopic (exact) mass is 355 g/mol. The molecule has 0 aliphatic rings. The minimum atomic E-state index is 0.521. The number of nitrogens with zero attached hydrogens (tertiary/aromatic N) is 2. The Bertz CT molecular complexity index is 375. The van der Waals surface area contributed by atoms with Crippen molar-refractivity contribution in [2.45, 2.75) is 13.8 Å². The van der Waals surface area contributed by atoms with Gasteiger partial charge in [0.1, 0.15) is 0 Å². The van der Waals surface area contributed by atoms with Gasteiger partial charge in [-0.2, -0.15) is 5.10 Å². The van der Waals surface area contributed by atoms with E-state index >= 15 is 0 Å². The van der Waals surface area contributed by atoms with Crippen molar-refractivity contribution in [3.63, 3.8) is 0 Å². The van der Waals surface area contributed by atoms with E-state index in [1.807, 2.05) is 32.0 Å². The van der Waals surface area contributed by atoms with Crippen LogP contribution in [0.1, 0.15) is 19.5 Å². The molecule has 1 aromatic rings. The second-order valence-electron chi connectivity index (χ2n) is 2.93. The molecule has 0 amide bonds. The SMILES string of the molecule is CCNC(=S)N/N=C(\C)c1ccccn1.[Cl][Cu][Cl]. The first-order valence-electron chi connectivity index (χ1n) is 4.96. The molecule has 0 saturated heterocycles. The van der Waals surface area contributed by atoms with Crippen LogP contribution in [0.4, 0.5) is 0 Å². The first-order valence-corrected chi connectivity index (χ1v) is 7.96. The van der Waals surface area contributed by atoms with Crippen LogP contribution in [0.3, 0.4) is 0 Å². The van der Waals surface area contributed by atoms with Gasteiger partial charge >= 0.3 is 33.3 Å². The van der Waals surface area contributed by atoms with Crippen molar-refractivity contribution in [1.29, 1.82) is 0 Å². The van der Waals surface area contributed by atoms with Crippen LogP contribution in [-0.2, 0) is 13.1 Å². The summed E-state index contributed by atoms with van der Waals surface area (Å²) in [6, 6.07) is 5.69. The van der Waals surface area contributed by atoms with Gasteiger partial charge in [0.25, 0.3) is 0 Å². The van der Waals surface area contributed by atoms with Gasteiger partial charge in [0.05, 0.1) is 11.4 Å². The predicted octanol–water partition coefficient (Wildman–Crippen LogP) is 2.67. The van der Waals surface area contributed by atoms with Crippen LogP contribution < -0.4 is 10.7 Å². The molecule has 0 aliphatic carbocycles. The van der Waals surface area contributed by atoms with E-state index in [1.54, 1.807) is 6.20 Å². The van der Waals surface area contributed by atoms with E-state index in [4.69, 9.17) is 12.2 Å². The van der Waals surface area contributed by atoms with Gasteiger partial charge < -0.3 is 5.32 Å². The molecule has 0 radical (unpaired) electrons. The van der Waals surface area contributed by atoms with Crippen molar-refractivity contribution in [1.82, 2.24) is 15.7 Å². The third kappa shape index (κ3) is 8.66. The van der Waals surface area contributed by atoms with Crippen molar-refractivity contribution in [2.24, 2.45) is 5.10 Å². The van der Waals surface area contributed by atoms with Crippen LogP contribution in [0.15, 0.2) is 29.5 Å². The maximum absolute atomic E-state index is 4.97. The van der Waals surface area contributed by atoms with Gasteiger partial charge in [0.15, 0.2) is 5.11 Å². The fourth-order valence-corrected chi connectivity index (χ4v) is 1.16. The Morgan fingerprint density at radius 2 is 2.17 bits per heavy atom. The Morgan fingerprint density at radius 1 is 1.50 bits per heavy atom. The molecule has 2 N–H and O–H groups in total. The molecular weight excluding hydrogens is 343 g/mol. The Balaban J connectivity index is 0.000000873.